The van der Waals surface area contributed by atoms with Crippen molar-refractivity contribution < 1.29 is 4.79 Å². The summed E-state index contributed by atoms with van der Waals surface area (Å²) in [5.41, 5.74) is 4.59. The third-order valence-electron chi connectivity index (χ3n) is 1.90. The zero-order chi connectivity index (χ0) is 13.1. The monoisotopic (exact) mass is 258 g/mol. The van der Waals surface area contributed by atoms with Crippen LogP contribution >= 0.6 is 11.6 Å². The molecule has 0 saturated carbocycles. The standard InChI is InChI=1S/C9H15ClN6O/c1-9(2,4-5(11)17)16-8-14-6(10)13-7(12-3)15-8/h4H2,1-3H3,(H2,11,17)(H2,12,13,14,15,16). The Morgan fingerprint density at radius 2 is 1.94 bits per heavy atom. The summed E-state index contributed by atoms with van der Waals surface area (Å²) in [6.07, 6.45) is 0.158. The van der Waals surface area contributed by atoms with Crippen molar-refractivity contribution in [3.63, 3.8) is 0 Å². The minimum Gasteiger partial charge on any atom is -0.370 e. The Labute approximate surface area is 104 Å². The molecule has 0 saturated heterocycles. The molecule has 0 aliphatic carbocycles. The summed E-state index contributed by atoms with van der Waals surface area (Å²) < 4.78 is 0. The van der Waals surface area contributed by atoms with Gasteiger partial charge in [0.25, 0.3) is 0 Å². The first-order valence-electron chi connectivity index (χ1n) is 4.98. The molecular formula is C9H15ClN6O. The van der Waals surface area contributed by atoms with Gasteiger partial charge in [-0.15, -0.1) is 0 Å². The van der Waals surface area contributed by atoms with Crippen LogP contribution in [0.25, 0.3) is 0 Å². The minimum absolute atomic E-state index is 0.0710. The summed E-state index contributed by atoms with van der Waals surface area (Å²) in [6.45, 7) is 3.63. The Hall–Kier alpha value is -1.63. The SMILES string of the molecule is CNc1nc(Cl)nc(NC(C)(C)CC(N)=O)n1. The summed E-state index contributed by atoms with van der Waals surface area (Å²) in [5, 5.41) is 5.81. The quantitative estimate of drug-likeness (QED) is 0.715. The molecule has 1 aromatic rings. The van der Waals surface area contributed by atoms with Crippen LogP contribution in [0.15, 0.2) is 0 Å². The average Bonchev–Trinajstić information content (AvgIpc) is 2.13. The molecule has 0 spiro atoms. The second-order valence-corrected chi connectivity index (χ2v) is 4.49. The van der Waals surface area contributed by atoms with Crippen molar-refractivity contribution in [2.75, 3.05) is 17.7 Å². The Morgan fingerprint density at radius 1 is 1.35 bits per heavy atom. The molecule has 1 rings (SSSR count). The van der Waals surface area contributed by atoms with E-state index >= 15 is 0 Å². The van der Waals surface area contributed by atoms with E-state index in [1.807, 2.05) is 13.8 Å². The number of nitrogens with two attached hydrogens (primary N) is 1. The molecule has 0 unspecified atom stereocenters. The second kappa shape index (κ2) is 5.13. The third kappa shape index (κ3) is 4.39. The summed E-state index contributed by atoms with van der Waals surface area (Å²) in [5.74, 6) is 0.236. The predicted octanol–water partition coefficient (Wildman–Crippen LogP) is 0.633. The van der Waals surface area contributed by atoms with E-state index in [2.05, 4.69) is 25.6 Å². The fraction of sp³-hybridized carbons (Fsp3) is 0.556. The van der Waals surface area contributed by atoms with E-state index in [1.54, 1.807) is 7.05 Å². The van der Waals surface area contributed by atoms with Gasteiger partial charge in [-0.25, -0.2) is 0 Å². The lowest BCUT2D eigenvalue weighted by atomic mass is 10.0. The zero-order valence-corrected chi connectivity index (χ0v) is 10.7. The molecule has 7 nitrogen and oxygen atoms in total. The van der Waals surface area contributed by atoms with E-state index in [-0.39, 0.29) is 11.7 Å². The number of hydrogen-bond donors (Lipinski definition) is 3. The number of anilines is 2. The van der Waals surface area contributed by atoms with Gasteiger partial charge in [-0.05, 0) is 25.4 Å². The topological polar surface area (TPSA) is 106 Å². The predicted molar refractivity (Wildman–Crippen MR) is 65.9 cm³/mol. The third-order valence-corrected chi connectivity index (χ3v) is 2.07. The van der Waals surface area contributed by atoms with Gasteiger partial charge in [-0.1, -0.05) is 0 Å². The minimum atomic E-state index is -0.554. The lowest BCUT2D eigenvalue weighted by molar-refractivity contribution is -0.118. The first-order valence-corrected chi connectivity index (χ1v) is 5.36. The van der Waals surface area contributed by atoms with Crippen LogP contribution in [-0.2, 0) is 4.79 Å². The molecule has 8 heteroatoms. The summed E-state index contributed by atoms with van der Waals surface area (Å²) in [7, 11) is 1.67. The van der Waals surface area contributed by atoms with Crippen molar-refractivity contribution in [3.8, 4) is 0 Å². The van der Waals surface area contributed by atoms with Crippen molar-refractivity contribution in [3.05, 3.63) is 5.28 Å². The molecule has 94 valence electrons. The lowest BCUT2D eigenvalue weighted by Crippen LogP contribution is -2.36. The first kappa shape index (κ1) is 13.4. The molecule has 0 atom stereocenters. The Morgan fingerprint density at radius 3 is 2.47 bits per heavy atom. The molecular weight excluding hydrogens is 244 g/mol. The number of nitrogens with one attached hydrogen (secondary N) is 2. The van der Waals surface area contributed by atoms with Crippen LogP contribution in [-0.4, -0.2) is 33.4 Å². The van der Waals surface area contributed by atoms with Crippen molar-refractivity contribution >= 4 is 29.4 Å². The van der Waals surface area contributed by atoms with Crippen LogP contribution in [0.3, 0.4) is 0 Å². The number of carbonyl (C=O) groups excluding carboxylic acids is 1. The van der Waals surface area contributed by atoms with Crippen molar-refractivity contribution in [1.29, 1.82) is 0 Å². The van der Waals surface area contributed by atoms with E-state index in [9.17, 15) is 4.79 Å². The Kier molecular flexibility index (Phi) is 4.06. The molecule has 4 N–H and O–H groups in total. The van der Waals surface area contributed by atoms with Gasteiger partial charge in [0.2, 0.25) is 23.1 Å². The van der Waals surface area contributed by atoms with Gasteiger partial charge in [0.05, 0.1) is 0 Å². The molecule has 17 heavy (non-hydrogen) atoms. The fourth-order valence-electron chi connectivity index (χ4n) is 1.30. The molecule has 0 aromatic carbocycles. The van der Waals surface area contributed by atoms with E-state index in [0.717, 1.165) is 0 Å². The van der Waals surface area contributed by atoms with E-state index in [4.69, 9.17) is 17.3 Å². The Bertz CT molecular complexity index is 422. The smallest absolute Gasteiger partial charge is 0.229 e. The summed E-state index contributed by atoms with van der Waals surface area (Å²) in [6, 6.07) is 0. The summed E-state index contributed by atoms with van der Waals surface area (Å²) >= 11 is 5.73. The highest BCUT2D eigenvalue weighted by molar-refractivity contribution is 6.28. The molecule has 1 aromatic heterocycles. The maximum Gasteiger partial charge on any atom is 0.229 e. The molecule has 0 radical (unpaired) electrons. The fourth-order valence-corrected chi connectivity index (χ4v) is 1.46. The number of amides is 1. The summed E-state index contributed by atoms with van der Waals surface area (Å²) in [4.78, 5) is 22.7. The number of nitrogens with zero attached hydrogens (tertiary/aromatic N) is 3. The molecule has 0 aliphatic rings. The number of rotatable bonds is 5. The lowest BCUT2D eigenvalue weighted by Gasteiger charge is -2.24. The van der Waals surface area contributed by atoms with Crippen LogP contribution in [0.2, 0.25) is 5.28 Å². The maximum absolute atomic E-state index is 10.9. The van der Waals surface area contributed by atoms with Crippen LogP contribution in [0, 0.1) is 0 Å². The molecule has 0 bridgehead atoms. The largest absolute Gasteiger partial charge is 0.370 e. The zero-order valence-electron chi connectivity index (χ0n) is 9.91. The van der Waals surface area contributed by atoms with Crippen LogP contribution in [0.4, 0.5) is 11.9 Å². The van der Waals surface area contributed by atoms with Crippen molar-refractivity contribution in [2.24, 2.45) is 5.73 Å². The number of primary amides is 1. The van der Waals surface area contributed by atoms with Gasteiger partial charge in [-0.3, -0.25) is 4.79 Å². The number of halogens is 1. The van der Waals surface area contributed by atoms with Gasteiger partial charge in [0.15, 0.2) is 0 Å². The molecule has 0 aliphatic heterocycles. The van der Waals surface area contributed by atoms with Gasteiger partial charge in [0.1, 0.15) is 0 Å². The number of carbonyl (C=O) groups is 1. The Balaban J connectivity index is 2.87. The highest BCUT2D eigenvalue weighted by Crippen LogP contribution is 2.16. The maximum atomic E-state index is 10.9. The second-order valence-electron chi connectivity index (χ2n) is 4.15. The van der Waals surface area contributed by atoms with Gasteiger partial charge >= 0.3 is 0 Å². The normalized spacial score (nSPS) is 11.1. The average molecular weight is 259 g/mol. The van der Waals surface area contributed by atoms with Crippen molar-refractivity contribution in [1.82, 2.24) is 15.0 Å². The first-order chi connectivity index (χ1) is 7.82. The highest BCUT2D eigenvalue weighted by atomic mass is 35.5. The molecule has 1 amide bonds. The highest BCUT2D eigenvalue weighted by Gasteiger charge is 2.22. The van der Waals surface area contributed by atoms with Gasteiger partial charge < -0.3 is 16.4 Å². The van der Waals surface area contributed by atoms with Crippen LogP contribution in [0.1, 0.15) is 20.3 Å². The molecule has 1 heterocycles. The van der Waals surface area contributed by atoms with E-state index < -0.39 is 11.4 Å². The van der Waals surface area contributed by atoms with Gasteiger partial charge in [-0.2, -0.15) is 15.0 Å². The number of hydrogen-bond acceptors (Lipinski definition) is 6. The van der Waals surface area contributed by atoms with E-state index in [1.165, 1.54) is 0 Å². The van der Waals surface area contributed by atoms with E-state index in [0.29, 0.717) is 11.9 Å². The van der Waals surface area contributed by atoms with Crippen LogP contribution in [0.5, 0.6) is 0 Å². The molecule has 0 fully saturated rings. The van der Waals surface area contributed by atoms with Gasteiger partial charge in [0, 0.05) is 19.0 Å². The van der Waals surface area contributed by atoms with Crippen LogP contribution < -0.4 is 16.4 Å². The number of aromatic nitrogens is 3. The van der Waals surface area contributed by atoms with Crippen molar-refractivity contribution in [2.45, 2.75) is 25.8 Å².